The lowest BCUT2D eigenvalue weighted by Crippen LogP contribution is -2.14. The Morgan fingerprint density at radius 2 is 1.90 bits per heavy atom. The second-order valence-electron chi connectivity index (χ2n) is 6.87. The van der Waals surface area contributed by atoms with Gasteiger partial charge in [0.15, 0.2) is 0 Å². The molecule has 2 aromatic carbocycles. The molecule has 0 aliphatic carbocycles. The van der Waals surface area contributed by atoms with Crippen LogP contribution in [0.2, 0.25) is 0 Å². The molecule has 5 aromatic rings. The van der Waals surface area contributed by atoms with Crippen molar-refractivity contribution in [3.63, 3.8) is 0 Å². The predicted octanol–water partition coefficient (Wildman–Crippen LogP) is 4.01. The van der Waals surface area contributed by atoms with E-state index >= 15 is 0 Å². The lowest BCUT2D eigenvalue weighted by atomic mass is 10.2. The predicted molar refractivity (Wildman–Crippen MR) is 119 cm³/mol. The van der Waals surface area contributed by atoms with E-state index in [1.807, 2.05) is 54.6 Å². The fourth-order valence-electron chi connectivity index (χ4n) is 3.27. The Balaban J connectivity index is 1.15. The van der Waals surface area contributed by atoms with Gasteiger partial charge in [0.05, 0.1) is 28.0 Å². The van der Waals surface area contributed by atoms with Crippen molar-refractivity contribution >= 4 is 45.3 Å². The molecule has 0 aliphatic heterocycles. The van der Waals surface area contributed by atoms with Gasteiger partial charge in [-0.2, -0.15) is 0 Å². The Morgan fingerprint density at radius 1 is 1.00 bits per heavy atom. The van der Waals surface area contributed by atoms with E-state index in [4.69, 9.17) is 4.42 Å². The van der Waals surface area contributed by atoms with E-state index in [0.29, 0.717) is 24.0 Å². The van der Waals surface area contributed by atoms with Gasteiger partial charge in [0, 0.05) is 24.4 Å². The molecule has 31 heavy (non-hydrogen) atoms. The van der Waals surface area contributed by atoms with E-state index in [1.165, 1.54) is 11.8 Å². The summed E-state index contributed by atoms with van der Waals surface area (Å²) in [5, 5.41) is 12.3. The zero-order valence-electron chi connectivity index (χ0n) is 16.4. The fourth-order valence-corrected chi connectivity index (χ4v) is 3.85. The fraction of sp³-hybridized carbons (Fsp3) is 0.136. The summed E-state index contributed by atoms with van der Waals surface area (Å²) < 4.78 is 5.66. The molecule has 0 saturated heterocycles. The Bertz CT molecular complexity index is 1320. The highest BCUT2D eigenvalue weighted by Crippen LogP contribution is 2.22. The molecular weight excluding hydrogens is 412 g/mol. The summed E-state index contributed by atoms with van der Waals surface area (Å²) in [7, 11) is 0. The number of benzene rings is 2. The van der Waals surface area contributed by atoms with E-state index in [0.717, 1.165) is 33.4 Å². The molecule has 0 fully saturated rings. The molecule has 154 valence electrons. The number of thioether (sulfide) groups is 1. The Labute approximate surface area is 181 Å². The Hall–Kier alpha value is -3.72. The molecule has 5 rings (SSSR count). The van der Waals surface area contributed by atoms with E-state index < -0.39 is 0 Å². The summed E-state index contributed by atoms with van der Waals surface area (Å²) in [6.07, 6.45) is 2.96. The molecule has 9 heteroatoms. The number of imidazole rings is 1. The number of nitrogens with zero attached hydrogens (tertiary/aromatic N) is 4. The first-order valence-electron chi connectivity index (χ1n) is 9.77. The summed E-state index contributed by atoms with van der Waals surface area (Å²) >= 11 is 1.21. The number of amides is 1. The SMILES string of the molecule is O=C(CSc1nnc(CCc2nc3ccccc3[nH]2)o1)Nc1cccc2ncccc12. The number of aromatic nitrogens is 5. The second-order valence-corrected chi connectivity index (χ2v) is 7.80. The minimum absolute atomic E-state index is 0.150. The molecule has 0 aliphatic rings. The maximum Gasteiger partial charge on any atom is 0.277 e. The van der Waals surface area contributed by atoms with Crippen molar-refractivity contribution < 1.29 is 9.21 Å². The smallest absolute Gasteiger partial charge is 0.277 e. The minimum atomic E-state index is -0.150. The Morgan fingerprint density at radius 3 is 2.84 bits per heavy atom. The second kappa shape index (κ2) is 8.57. The average Bonchev–Trinajstić information content (AvgIpc) is 3.43. The number of fused-ring (bicyclic) bond motifs is 2. The van der Waals surface area contributed by atoms with Gasteiger partial charge in [-0.05, 0) is 36.4 Å². The summed E-state index contributed by atoms with van der Waals surface area (Å²) in [6.45, 7) is 0. The maximum absolute atomic E-state index is 12.4. The number of hydrogen-bond donors (Lipinski definition) is 2. The number of pyridine rings is 1. The number of hydrogen-bond acceptors (Lipinski definition) is 7. The van der Waals surface area contributed by atoms with Gasteiger partial charge in [0.1, 0.15) is 5.82 Å². The number of aromatic amines is 1. The van der Waals surface area contributed by atoms with E-state index in [-0.39, 0.29) is 11.7 Å². The highest BCUT2D eigenvalue weighted by atomic mass is 32.2. The lowest BCUT2D eigenvalue weighted by Gasteiger charge is -2.07. The summed E-state index contributed by atoms with van der Waals surface area (Å²) in [5.41, 5.74) is 3.51. The number of aryl methyl sites for hydroxylation is 2. The van der Waals surface area contributed by atoms with Crippen LogP contribution in [0.5, 0.6) is 0 Å². The Kier molecular flexibility index (Phi) is 5.32. The van der Waals surface area contributed by atoms with Crippen LogP contribution >= 0.6 is 11.8 Å². The van der Waals surface area contributed by atoms with E-state index in [1.54, 1.807) is 6.20 Å². The molecule has 0 atom stereocenters. The van der Waals surface area contributed by atoms with Crippen LogP contribution < -0.4 is 5.32 Å². The van der Waals surface area contributed by atoms with Crippen LogP contribution in [0.25, 0.3) is 21.9 Å². The van der Waals surface area contributed by atoms with Crippen molar-refractivity contribution in [1.82, 2.24) is 25.1 Å². The minimum Gasteiger partial charge on any atom is -0.416 e. The number of carbonyl (C=O) groups is 1. The normalized spacial score (nSPS) is 11.2. The third-order valence-corrected chi connectivity index (χ3v) is 5.53. The van der Waals surface area contributed by atoms with Gasteiger partial charge < -0.3 is 14.7 Å². The largest absolute Gasteiger partial charge is 0.416 e. The van der Waals surface area contributed by atoms with Crippen molar-refractivity contribution in [3.8, 4) is 0 Å². The number of nitrogens with one attached hydrogen (secondary N) is 2. The van der Waals surface area contributed by atoms with Crippen molar-refractivity contribution in [2.75, 3.05) is 11.1 Å². The zero-order chi connectivity index (χ0) is 21.0. The first-order chi connectivity index (χ1) is 15.2. The lowest BCUT2D eigenvalue weighted by molar-refractivity contribution is -0.113. The average molecular weight is 430 g/mol. The van der Waals surface area contributed by atoms with Gasteiger partial charge in [-0.15, -0.1) is 10.2 Å². The highest BCUT2D eigenvalue weighted by Gasteiger charge is 2.12. The quantitative estimate of drug-likeness (QED) is 0.375. The van der Waals surface area contributed by atoms with Crippen LogP contribution in [0, 0.1) is 0 Å². The van der Waals surface area contributed by atoms with Crippen LogP contribution in [-0.2, 0) is 17.6 Å². The van der Waals surface area contributed by atoms with Gasteiger partial charge in [-0.25, -0.2) is 4.98 Å². The van der Waals surface area contributed by atoms with Gasteiger partial charge >= 0.3 is 0 Å². The van der Waals surface area contributed by atoms with E-state index in [9.17, 15) is 4.79 Å². The first-order valence-corrected chi connectivity index (χ1v) is 10.8. The topological polar surface area (TPSA) is 110 Å². The van der Waals surface area contributed by atoms with Crippen LogP contribution in [0.15, 0.2) is 70.4 Å². The van der Waals surface area contributed by atoms with Crippen molar-refractivity contribution in [2.24, 2.45) is 0 Å². The van der Waals surface area contributed by atoms with Crippen molar-refractivity contribution in [1.29, 1.82) is 0 Å². The molecule has 0 unspecified atom stereocenters. The van der Waals surface area contributed by atoms with E-state index in [2.05, 4.69) is 30.5 Å². The molecule has 0 bridgehead atoms. The number of anilines is 1. The molecule has 8 nitrogen and oxygen atoms in total. The summed E-state index contributed by atoms with van der Waals surface area (Å²) in [4.78, 5) is 24.5. The molecule has 3 aromatic heterocycles. The summed E-state index contributed by atoms with van der Waals surface area (Å²) in [6, 6.07) is 17.3. The van der Waals surface area contributed by atoms with Crippen LogP contribution in [-0.4, -0.2) is 36.8 Å². The summed E-state index contributed by atoms with van der Waals surface area (Å²) in [5.74, 6) is 1.41. The molecule has 0 saturated carbocycles. The molecular formula is C22H18N6O2S. The van der Waals surface area contributed by atoms with Crippen molar-refractivity contribution in [2.45, 2.75) is 18.1 Å². The molecule has 0 radical (unpaired) electrons. The molecule has 0 spiro atoms. The standard InChI is InChI=1S/C22H18N6O2S/c29-20(26-16-9-3-8-15-14(16)5-4-12-23-15)13-31-22-28-27-21(30-22)11-10-19-24-17-6-1-2-7-18(17)25-19/h1-9,12H,10-11,13H2,(H,24,25)(H,26,29). The maximum atomic E-state index is 12.4. The molecule has 3 heterocycles. The molecule has 1 amide bonds. The zero-order valence-corrected chi connectivity index (χ0v) is 17.2. The third kappa shape index (κ3) is 4.41. The number of carbonyl (C=O) groups excluding carboxylic acids is 1. The van der Waals surface area contributed by atoms with Crippen LogP contribution in [0.3, 0.4) is 0 Å². The van der Waals surface area contributed by atoms with Gasteiger partial charge in [0.2, 0.25) is 11.8 Å². The van der Waals surface area contributed by atoms with Gasteiger partial charge in [-0.1, -0.05) is 30.0 Å². The first kappa shape index (κ1) is 19.3. The van der Waals surface area contributed by atoms with Gasteiger partial charge in [0.25, 0.3) is 5.22 Å². The highest BCUT2D eigenvalue weighted by molar-refractivity contribution is 7.99. The van der Waals surface area contributed by atoms with Gasteiger partial charge in [-0.3, -0.25) is 9.78 Å². The van der Waals surface area contributed by atoms with Crippen molar-refractivity contribution in [3.05, 3.63) is 72.5 Å². The third-order valence-electron chi connectivity index (χ3n) is 4.71. The number of para-hydroxylation sites is 2. The monoisotopic (exact) mass is 430 g/mol. The molecule has 2 N–H and O–H groups in total. The number of rotatable bonds is 7. The number of H-pyrrole nitrogens is 1. The van der Waals surface area contributed by atoms with Crippen LogP contribution in [0.4, 0.5) is 5.69 Å². The van der Waals surface area contributed by atoms with Crippen LogP contribution in [0.1, 0.15) is 11.7 Å².